The molecule has 1 aromatic rings. The smallest absolute Gasteiger partial charge is 0.228 e. The third-order valence-corrected chi connectivity index (χ3v) is 6.98. The van der Waals surface area contributed by atoms with Crippen molar-refractivity contribution >= 4 is 38.9 Å². The van der Waals surface area contributed by atoms with Crippen LogP contribution in [0, 0.1) is 18.8 Å². The largest absolute Gasteiger partial charge is 0.341 e. The summed E-state index contributed by atoms with van der Waals surface area (Å²) in [6.45, 7) is 1.85. The van der Waals surface area contributed by atoms with Crippen molar-refractivity contribution in [1.82, 2.24) is 4.90 Å². The Balaban J connectivity index is 1.58. The van der Waals surface area contributed by atoms with Gasteiger partial charge in [-0.05, 0) is 43.5 Å². The Morgan fingerprint density at radius 3 is 2.60 bits per heavy atom. The molecular formula is C17H21ClN2O4S. The quantitative estimate of drug-likeness (QED) is 0.858. The van der Waals surface area contributed by atoms with Gasteiger partial charge in [-0.3, -0.25) is 9.59 Å². The zero-order chi connectivity index (χ0) is 18.4. The first kappa shape index (κ1) is 18.2. The third kappa shape index (κ3) is 3.98. The number of anilines is 1. The molecule has 8 heteroatoms. The molecule has 0 bridgehead atoms. The van der Waals surface area contributed by atoms with Crippen molar-refractivity contribution in [3.05, 3.63) is 28.8 Å². The van der Waals surface area contributed by atoms with E-state index in [0.717, 1.165) is 5.56 Å². The predicted octanol–water partition coefficient (Wildman–Crippen LogP) is 1.87. The van der Waals surface area contributed by atoms with Crippen molar-refractivity contribution in [3.63, 3.8) is 0 Å². The Labute approximate surface area is 152 Å². The molecule has 136 valence electrons. The Bertz CT molecular complexity index is 824. The van der Waals surface area contributed by atoms with Crippen molar-refractivity contribution in [1.29, 1.82) is 0 Å². The fourth-order valence-electron chi connectivity index (χ4n) is 3.27. The van der Waals surface area contributed by atoms with E-state index in [1.54, 1.807) is 25.2 Å². The van der Waals surface area contributed by atoms with Gasteiger partial charge in [-0.2, -0.15) is 0 Å². The molecule has 0 radical (unpaired) electrons. The number of halogens is 1. The molecule has 1 N–H and O–H groups in total. The van der Waals surface area contributed by atoms with E-state index in [-0.39, 0.29) is 41.2 Å². The molecule has 25 heavy (non-hydrogen) atoms. The summed E-state index contributed by atoms with van der Waals surface area (Å²) < 4.78 is 23.1. The molecule has 3 atom stereocenters. The fraction of sp³-hybridized carbons (Fsp3) is 0.529. The van der Waals surface area contributed by atoms with Gasteiger partial charge in [0.15, 0.2) is 9.84 Å². The summed E-state index contributed by atoms with van der Waals surface area (Å²) in [5.74, 6) is -0.905. The first-order valence-electron chi connectivity index (χ1n) is 8.22. The molecule has 0 aromatic heterocycles. The zero-order valence-electron chi connectivity index (χ0n) is 14.2. The van der Waals surface area contributed by atoms with Gasteiger partial charge in [-0.25, -0.2) is 8.42 Å². The average molecular weight is 385 g/mol. The Kier molecular flexibility index (Phi) is 4.81. The van der Waals surface area contributed by atoms with Crippen LogP contribution in [-0.4, -0.2) is 49.7 Å². The number of sulfone groups is 1. The van der Waals surface area contributed by atoms with Gasteiger partial charge in [0.05, 0.1) is 23.3 Å². The van der Waals surface area contributed by atoms with Gasteiger partial charge in [0.25, 0.3) is 0 Å². The van der Waals surface area contributed by atoms with Crippen LogP contribution < -0.4 is 5.32 Å². The number of hydrogen-bond acceptors (Lipinski definition) is 4. The molecule has 1 heterocycles. The monoisotopic (exact) mass is 384 g/mol. The maximum absolute atomic E-state index is 12.5. The lowest BCUT2D eigenvalue weighted by atomic mass is 10.1. The van der Waals surface area contributed by atoms with Crippen molar-refractivity contribution in [2.24, 2.45) is 11.8 Å². The number of carbonyl (C=O) groups excluding carboxylic acids is 2. The summed E-state index contributed by atoms with van der Waals surface area (Å²) in [6.07, 6.45) is 0.971. The summed E-state index contributed by atoms with van der Waals surface area (Å²) in [5, 5.41) is 3.44. The molecule has 1 saturated carbocycles. The van der Waals surface area contributed by atoms with Crippen LogP contribution in [0.2, 0.25) is 5.02 Å². The summed E-state index contributed by atoms with van der Waals surface area (Å²) in [4.78, 5) is 26.4. The molecule has 2 aliphatic rings. The van der Waals surface area contributed by atoms with Gasteiger partial charge in [0.1, 0.15) is 0 Å². The highest BCUT2D eigenvalue weighted by Crippen LogP contribution is 2.41. The van der Waals surface area contributed by atoms with Crippen molar-refractivity contribution in [3.8, 4) is 0 Å². The standard InChI is InChI=1S/C17H21ClN2O4S/c1-10-7-11(18)3-4-15(10)19-16(21)13-8-14(13)17(22)20(2)12-5-6-25(23,24)9-12/h3-4,7,12-14H,5-6,8-9H2,1-2H3,(H,19,21). The molecule has 1 aliphatic heterocycles. The lowest BCUT2D eigenvalue weighted by Crippen LogP contribution is -2.39. The number of nitrogens with one attached hydrogen (secondary N) is 1. The summed E-state index contributed by atoms with van der Waals surface area (Å²) in [6, 6.07) is 4.93. The molecule has 6 nitrogen and oxygen atoms in total. The number of nitrogens with zero attached hydrogens (tertiary/aromatic N) is 1. The highest BCUT2D eigenvalue weighted by molar-refractivity contribution is 7.91. The number of rotatable bonds is 4. The molecule has 2 amide bonds. The summed E-state index contributed by atoms with van der Waals surface area (Å²) >= 11 is 5.90. The highest BCUT2D eigenvalue weighted by Gasteiger charge is 2.50. The van der Waals surface area contributed by atoms with Crippen LogP contribution in [0.25, 0.3) is 0 Å². The summed E-state index contributed by atoms with van der Waals surface area (Å²) in [7, 11) is -1.41. The van der Waals surface area contributed by atoms with Crippen LogP contribution in [-0.2, 0) is 19.4 Å². The van der Waals surface area contributed by atoms with E-state index in [1.165, 1.54) is 4.90 Å². The van der Waals surface area contributed by atoms with Gasteiger partial charge in [0.2, 0.25) is 11.8 Å². The number of hydrogen-bond donors (Lipinski definition) is 1. The number of benzene rings is 1. The van der Waals surface area contributed by atoms with Crippen molar-refractivity contribution in [2.75, 3.05) is 23.9 Å². The van der Waals surface area contributed by atoms with Crippen molar-refractivity contribution in [2.45, 2.75) is 25.8 Å². The molecule has 1 aliphatic carbocycles. The zero-order valence-corrected chi connectivity index (χ0v) is 15.7. The van der Waals surface area contributed by atoms with Gasteiger partial charge in [-0.15, -0.1) is 0 Å². The van der Waals surface area contributed by atoms with Crippen LogP contribution in [0.1, 0.15) is 18.4 Å². The third-order valence-electron chi connectivity index (χ3n) is 4.99. The second-order valence-corrected chi connectivity index (χ2v) is 9.57. The predicted molar refractivity (Wildman–Crippen MR) is 96.2 cm³/mol. The average Bonchev–Trinajstić information content (AvgIpc) is 3.26. The normalized spacial score (nSPS) is 26.9. The lowest BCUT2D eigenvalue weighted by molar-refractivity contribution is -0.134. The van der Waals surface area contributed by atoms with Crippen LogP contribution in [0.15, 0.2) is 18.2 Å². The maximum Gasteiger partial charge on any atom is 0.228 e. The molecule has 1 aromatic carbocycles. The SMILES string of the molecule is Cc1cc(Cl)ccc1NC(=O)C1CC1C(=O)N(C)C1CCS(=O)(=O)C1. The van der Waals surface area contributed by atoms with E-state index in [0.29, 0.717) is 23.6 Å². The second kappa shape index (κ2) is 6.61. The van der Waals surface area contributed by atoms with Gasteiger partial charge >= 0.3 is 0 Å². The molecule has 3 unspecified atom stereocenters. The van der Waals surface area contributed by atoms with Gasteiger partial charge in [0, 0.05) is 23.8 Å². The number of carbonyl (C=O) groups is 2. The molecule has 2 fully saturated rings. The van der Waals surface area contributed by atoms with E-state index in [1.807, 2.05) is 6.92 Å². The number of amides is 2. The van der Waals surface area contributed by atoms with Crippen LogP contribution >= 0.6 is 11.6 Å². The molecule has 3 rings (SSSR count). The Morgan fingerprint density at radius 2 is 2.00 bits per heavy atom. The van der Waals surface area contributed by atoms with Crippen LogP contribution in [0.4, 0.5) is 5.69 Å². The van der Waals surface area contributed by atoms with Crippen LogP contribution in [0.5, 0.6) is 0 Å². The van der Waals surface area contributed by atoms with E-state index in [9.17, 15) is 18.0 Å². The Morgan fingerprint density at radius 1 is 1.28 bits per heavy atom. The van der Waals surface area contributed by atoms with E-state index in [2.05, 4.69) is 5.32 Å². The first-order chi connectivity index (χ1) is 11.7. The summed E-state index contributed by atoms with van der Waals surface area (Å²) in [5.41, 5.74) is 1.54. The minimum absolute atomic E-state index is 0.0167. The van der Waals surface area contributed by atoms with E-state index >= 15 is 0 Å². The fourth-order valence-corrected chi connectivity index (χ4v) is 5.27. The topological polar surface area (TPSA) is 83.6 Å². The maximum atomic E-state index is 12.5. The first-order valence-corrected chi connectivity index (χ1v) is 10.4. The molecule has 1 saturated heterocycles. The number of aryl methyl sites for hydroxylation is 1. The molecular weight excluding hydrogens is 364 g/mol. The van der Waals surface area contributed by atoms with Crippen LogP contribution in [0.3, 0.4) is 0 Å². The minimum Gasteiger partial charge on any atom is -0.341 e. The molecule has 0 spiro atoms. The van der Waals surface area contributed by atoms with E-state index < -0.39 is 9.84 Å². The van der Waals surface area contributed by atoms with Gasteiger partial charge < -0.3 is 10.2 Å². The van der Waals surface area contributed by atoms with Gasteiger partial charge in [-0.1, -0.05) is 11.6 Å². The highest BCUT2D eigenvalue weighted by atomic mass is 35.5. The van der Waals surface area contributed by atoms with Crippen molar-refractivity contribution < 1.29 is 18.0 Å². The lowest BCUT2D eigenvalue weighted by Gasteiger charge is -2.23. The Hall–Kier alpha value is -1.60. The second-order valence-electron chi connectivity index (χ2n) is 6.90. The minimum atomic E-state index is -3.04. The van der Waals surface area contributed by atoms with E-state index in [4.69, 9.17) is 11.6 Å².